The first-order chi connectivity index (χ1) is 9.76. The van der Waals surface area contributed by atoms with Crippen molar-refractivity contribution in [3.05, 3.63) is 59.7 Å². The zero-order chi connectivity index (χ0) is 14.4. The van der Waals surface area contributed by atoms with Crippen LogP contribution in [0.2, 0.25) is 0 Å². The Morgan fingerprint density at radius 3 is 2.35 bits per heavy atom. The molecule has 0 aliphatic heterocycles. The van der Waals surface area contributed by atoms with E-state index in [1.807, 2.05) is 42.5 Å². The van der Waals surface area contributed by atoms with E-state index in [9.17, 15) is 5.11 Å². The Morgan fingerprint density at radius 2 is 1.70 bits per heavy atom. The van der Waals surface area contributed by atoms with Crippen LogP contribution in [0.3, 0.4) is 0 Å². The third kappa shape index (κ3) is 3.29. The molecular weight excluding hydrogens is 256 g/mol. The summed E-state index contributed by atoms with van der Waals surface area (Å²) in [6.45, 7) is 0.145. The highest BCUT2D eigenvalue weighted by Gasteiger charge is 2.15. The maximum Gasteiger partial charge on any atom is 0.188 e. The van der Waals surface area contributed by atoms with Gasteiger partial charge in [0.1, 0.15) is 17.6 Å². The second-order valence-electron chi connectivity index (χ2n) is 4.26. The number of hydrogen-bond acceptors (Lipinski definition) is 4. The zero-order valence-corrected chi connectivity index (χ0v) is 11.6. The van der Waals surface area contributed by atoms with E-state index in [-0.39, 0.29) is 6.79 Å². The zero-order valence-electron chi connectivity index (χ0n) is 11.6. The van der Waals surface area contributed by atoms with Gasteiger partial charge in [-0.15, -0.1) is 0 Å². The number of para-hydroxylation sites is 1. The van der Waals surface area contributed by atoms with Gasteiger partial charge in [0.05, 0.1) is 7.11 Å². The van der Waals surface area contributed by atoms with Crippen molar-refractivity contribution in [3.8, 4) is 11.5 Å². The van der Waals surface area contributed by atoms with Crippen molar-refractivity contribution < 1.29 is 19.3 Å². The highest BCUT2D eigenvalue weighted by Crippen LogP contribution is 2.30. The van der Waals surface area contributed by atoms with Crippen molar-refractivity contribution >= 4 is 0 Å². The van der Waals surface area contributed by atoms with Gasteiger partial charge >= 0.3 is 0 Å². The Kier molecular flexibility index (Phi) is 4.98. The maximum absolute atomic E-state index is 10.5. The fourth-order valence-electron chi connectivity index (χ4n) is 1.93. The van der Waals surface area contributed by atoms with Crippen molar-refractivity contribution in [1.82, 2.24) is 0 Å². The summed E-state index contributed by atoms with van der Waals surface area (Å²) in [5.41, 5.74) is 1.48. The number of methoxy groups -OCH3 is 2. The van der Waals surface area contributed by atoms with Gasteiger partial charge in [0, 0.05) is 12.7 Å². The van der Waals surface area contributed by atoms with Crippen LogP contribution in [0, 0.1) is 0 Å². The van der Waals surface area contributed by atoms with Gasteiger partial charge in [-0.1, -0.05) is 30.3 Å². The van der Waals surface area contributed by atoms with Crippen LogP contribution in [0.25, 0.3) is 0 Å². The number of aliphatic hydroxyl groups is 1. The molecule has 0 bridgehead atoms. The van der Waals surface area contributed by atoms with Gasteiger partial charge in [-0.05, 0) is 23.8 Å². The molecule has 0 radical (unpaired) electrons. The van der Waals surface area contributed by atoms with Crippen LogP contribution in [-0.2, 0) is 4.74 Å². The van der Waals surface area contributed by atoms with E-state index in [4.69, 9.17) is 14.2 Å². The lowest BCUT2D eigenvalue weighted by atomic mass is 10.0. The normalized spacial score (nSPS) is 11.9. The predicted molar refractivity (Wildman–Crippen MR) is 76.0 cm³/mol. The molecule has 4 heteroatoms. The molecule has 0 saturated heterocycles. The molecule has 1 unspecified atom stereocenters. The smallest absolute Gasteiger partial charge is 0.188 e. The molecule has 20 heavy (non-hydrogen) atoms. The lowest BCUT2D eigenvalue weighted by Crippen LogP contribution is -2.06. The third-order valence-corrected chi connectivity index (χ3v) is 2.98. The molecule has 0 heterocycles. The Bertz CT molecular complexity index is 536. The number of hydrogen-bond donors (Lipinski definition) is 1. The minimum Gasteiger partial charge on any atom is -0.497 e. The Hall–Kier alpha value is -2.04. The first kappa shape index (κ1) is 14.4. The molecule has 106 valence electrons. The molecular formula is C16H18O4. The molecule has 0 saturated carbocycles. The molecule has 0 aromatic heterocycles. The summed E-state index contributed by atoms with van der Waals surface area (Å²) in [5, 5.41) is 10.5. The molecule has 0 amide bonds. The fourth-order valence-corrected chi connectivity index (χ4v) is 1.93. The molecule has 2 aromatic carbocycles. The number of aliphatic hydroxyl groups excluding tert-OH is 1. The average molecular weight is 274 g/mol. The first-order valence-electron chi connectivity index (χ1n) is 6.29. The molecule has 0 aliphatic rings. The van der Waals surface area contributed by atoms with Crippen LogP contribution in [0.15, 0.2) is 48.5 Å². The molecule has 0 fully saturated rings. The van der Waals surface area contributed by atoms with Crippen LogP contribution in [0.1, 0.15) is 17.2 Å². The monoisotopic (exact) mass is 274 g/mol. The summed E-state index contributed by atoms with van der Waals surface area (Å²) in [6, 6.07) is 14.7. The summed E-state index contributed by atoms with van der Waals surface area (Å²) in [5.74, 6) is 1.36. The van der Waals surface area contributed by atoms with Gasteiger partial charge in [0.2, 0.25) is 0 Å². The molecule has 4 nitrogen and oxygen atoms in total. The van der Waals surface area contributed by atoms with Crippen molar-refractivity contribution in [1.29, 1.82) is 0 Å². The van der Waals surface area contributed by atoms with Crippen molar-refractivity contribution in [2.75, 3.05) is 21.0 Å². The van der Waals surface area contributed by atoms with Gasteiger partial charge < -0.3 is 19.3 Å². The van der Waals surface area contributed by atoms with Crippen LogP contribution in [0.5, 0.6) is 11.5 Å². The van der Waals surface area contributed by atoms with E-state index in [1.54, 1.807) is 20.3 Å². The van der Waals surface area contributed by atoms with Crippen LogP contribution in [-0.4, -0.2) is 26.1 Å². The SMILES string of the molecule is COCOc1ccccc1C(O)c1ccc(OC)cc1. The summed E-state index contributed by atoms with van der Waals surface area (Å²) in [6.07, 6.45) is -0.756. The summed E-state index contributed by atoms with van der Waals surface area (Å²) >= 11 is 0. The second kappa shape index (κ2) is 6.93. The van der Waals surface area contributed by atoms with E-state index < -0.39 is 6.10 Å². The largest absolute Gasteiger partial charge is 0.497 e. The topological polar surface area (TPSA) is 47.9 Å². The molecule has 1 atom stereocenters. The number of ether oxygens (including phenoxy) is 3. The van der Waals surface area contributed by atoms with Crippen LogP contribution >= 0.6 is 0 Å². The molecule has 1 N–H and O–H groups in total. The van der Waals surface area contributed by atoms with E-state index in [1.165, 1.54) is 0 Å². The van der Waals surface area contributed by atoms with Crippen LogP contribution < -0.4 is 9.47 Å². The molecule has 2 aromatic rings. The lowest BCUT2D eigenvalue weighted by molar-refractivity contribution is 0.0488. The Morgan fingerprint density at radius 1 is 1.00 bits per heavy atom. The highest BCUT2D eigenvalue weighted by molar-refractivity contribution is 5.41. The summed E-state index contributed by atoms with van der Waals surface area (Å²) < 4.78 is 15.5. The highest BCUT2D eigenvalue weighted by atomic mass is 16.7. The van der Waals surface area contributed by atoms with Crippen molar-refractivity contribution in [3.63, 3.8) is 0 Å². The Balaban J connectivity index is 2.24. The lowest BCUT2D eigenvalue weighted by Gasteiger charge is -2.16. The van der Waals surface area contributed by atoms with Crippen molar-refractivity contribution in [2.24, 2.45) is 0 Å². The standard InChI is InChI=1S/C16H18O4/c1-18-11-20-15-6-4-3-5-14(15)16(17)12-7-9-13(19-2)10-8-12/h3-10,16-17H,11H2,1-2H3. The molecule has 0 spiro atoms. The van der Waals surface area contributed by atoms with E-state index in [0.717, 1.165) is 11.3 Å². The molecule has 0 aliphatic carbocycles. The Labute approximate surface area is 118 Å². The number of benzene rings is 2. The van der Waals surface area contributed by atoms with Crippen LogP contribution in [0.4, 0.5) is 0 Å². The summed E-state index contributed by atoms with van der Waals surface area (Å²) in [4.78, 5) is 0. The van der Waals surface area contributed by atoms with Gasteiger partial charge in [-0.2, -0.15) is 0 Å². The average Bonchev–Trinajstić information content (AvgIpc) is 2.52. The first-order valence-corrected chi connectivity index (χ1v) is 6.29. The van der Waals surface area contributed by atoms with Gasteiger partial charge in [0.25, 0.3) is 0 Å². The minimum absolute atomic E-state index is 0.145. The van der Waals surface area contributed by atoms with E-state index in [2.05, 4.69) is 0 Å². The minimum atomic E-state index is -0.756. The van der Waals surface area contributed by atoms with Gasteiger partial charge in [-0.25, -0.2) is 0 Å². The van der Waals surface area contributed by atoms with E-state index >= 15 is 0 Å². The number of rotatable bonds is 6. The second-order valence-corrected chi connectivity index (χ2v) is 4.26. The van der Waals surface area contributed by atoms with Gasteiger partial charge in [-0.3, -0.25) is 0 Å². The quantitative estimate of drug-likeness (QED) is 0.823. The van der Waals surface area contributed by atoms with Gasteiger partial charge in [0.15, 0.2) is 6.79 Å². The predicted octanol–water partition coefficient (Wildman–Crippen LogP) is 2.76. The maximum atomic E-state index is 10.5. The summed E-state index contributed by atoms with van der Waals surface area (Å²) in [7, 11) is 3.17. The third-order valence-electron chi connectivity index (χ3n) is 2.98. The fraction of sp³-hybridized carbons (Fsp3) is 0.250. The van der Waals surface area contributed by atoms with Crippen molar-refractivity contribution in [2.45, 2.75) is 6.10 Å². The molecule has 2 rings (SSSR count). The van der Waals surface area contributed by atoms with E-state index in [0.29, 0.717) is 11.3 Å².